The summed E-state index contributed by atoms with van der Waals surface area (Å²) in [6, 6.07) is 4.35. The van der Waals surface area contributed by atoms with E-state index >= 15 is 0 Å². The van der Waals surface area contributed by atoms with Crippen molar-refractivity contribution in [2.45, 2.75) is 26.8 Å². The Labute approximate surface area is 107 Å². The Balaban J connectivity index is 2.78. The lowest BCUT2D eigenvalue weighted by molar-refractivity contribution is 0.192. The van der Waals surface area contributed by atoms with Gasteiger partial charge in [-0.15, -0.1) is 11.3 Å². The van der Waals surface area contributed by atoms with E-state index in [0.29, 0.717) is 18.5 Å². The molecular weight excluding hydrogens is 240 g/mol. The minimum Gasteiger partial charge on any atom is -0.329 e. The second-order valence-electron chi connectivity index (χ2n) is 4.37. The van der Waals surface area contributed by atoms with Crippen molar-refractivity contribution in [2.24, 2.45) is 11.7 Å². The summed E-state index contributed by atoms with van der Waals surface area (Å²) in [5, 5.41) is 0. The first-order valence-corrected chi connectivity index (χ1v) is 6.97. The van der Waals surface area contributed by atoms with Gasteiger partial charge >= 0.3 is 0 Å². The summed E-state index contributed by atoms with van der Waals surface area (Å²) in [5.41, 5.74) is 5.89. The maximum absolute atomic E-state index is 5.97. The monoisotopic (exact) mass is 260 g/mol. The fourth-order valence-corrected chi connectivity index (χ4v) is 3.11. The quantitative estimate of drug-likeness (QED) is 0.850. The molecule has 0 aliphatic rings. The van der Waals surface area contributed by atoms with Crippen molar-refractivity contribution in [3.8, 4) is 0 Å². The molecule has 0 bridgehead atoms. The Bertz CT molecular complexity index is 312. The summed E-state index contributed by atoms with van der Waals surface area (Å²) in [4.78, 5) is 3.70. The van der Waals surface area contributed by atoms with E-state index in [-0.39, 0.29) is 0 Å². The van der Waals surface area contributed by atoms with Crippen LogP contribution in [0, 0.1) is 5.92 Å². The minimum absolute atomic E-state index is 0.310. The highest BCUT2D eigenvalue weighted by atomic mass is 35.5. The molecule has 0 saturated carbocycles. The Kier molecular flexibility index (Phi) is 5.76. The van der Waals surface area contributed by atoms with Crippen LogP contribution >= 0.6 is 22.9 Å². The zero-order valence-electron chi connectivity index (χ0n) is 10.2. The van der Waals surface area contributed by atoms with Crippen LogP contribution < -0.4 is 5.73 Å². The highest BCUT2D eigenvalue weighted by Crippen LogP contribution is 2.30. The van der Waals surface area contributed by atoms with Gasteiger partial charge in [-0.05, 0) is 24.6 Å². The SMILES string of the molecule is CCN(CC(C)C)C(CN)c1ccc(Cl)s1. The van der Waals surface area contributed by atoms with Crippen molar-refractivity contribution in [1.29, 1.82) is 0 Å². The Hall–Kier alpha value is -0.0900. The fraction of sp³-hybridized carbons (Fsp3) is 0.667. The molecule has 0 aliphatic heterocycles. The number of nitrogens with two attached hydrogens (primary N) is 1. The first-order valence-electron chi connectivity index (χ1n) is 5.77. The predicted octanol–water partition coefficient (Wildman–Crippen LogP) is 3.38. The molecular formula is C12H21ClN2S. The van der Waals surface area contributed by atoms with E-state index in [2.05, 4.69) is 31.7 Å². The van der Waals surface area contributed by atoms with Crippen LogP contribution in [0.5, 0.6) is 0 Å². The third-order valence-electron chi connectivity index (χ3n) is 2.59. The molecule has 1 heterocycles. The zero-order valence-corrected chi connectivity index (χ0v) is 11.8. The predicted molar refractivity (Wildman–Crippen MR) is 73.2 cm³/mol. The average Bonchev–Trinajstić information content (AvgIpc) is 2.64. The lowest BCUT2D eigenvalue weighted by Gasteiger charge is -2.30. The van der Waals surface area contributed by atoms with Crippen LogP contribution in [-0.4, -0.2) is 24.5 Å². The minimum atomic E-state index is 0.310. The van der Waals surface area contributed by atoms with Gasteiger partial charge in [0.15, 0.2) is 0 Å². The van der Waals surface area contributed by atoms with Crippen LogP contribution in [-0.2, 0) is 0 Å². The van der Waals surface area contributed by atoms with Gasteiger partial charge in [-0.3, -0.25) is 4.90 Å². The van der Waals surface area contributed by atoms with Crippen LogP contribution in [0.15, 0.2) is 12.1 Å². The van der Waals surface area contributed by atoms with E-state index in [0.717, 1.165) is 17.4 Å². The maximum atomic E-state index is 5.97. The van der Waals surface area contributed by atoms with Gasteiger partial charge in [-0.25, -0.2) is 0 Å². The molecule has 0 spiro atoms. The van der Waals surface area contributed by atoms with Crippen LogP contribution in [0.4, 0.5) is 0 Å². The first-order chi connectivity index (χ1) is 7.58. The van der Waals surface area contributed by atoms with E-state index in [4.69, 9.17) is 17.3 Å². The highest BCUT2D eigenvalue weighted by Gasteiger charge is 2.19. The van der Waals surface area contributed by atoms with Crippen molar-refractivity contribution in [3.05, 3.63) is 21.3 Å². The molecule has 1 rings (SSSR count). The largest absolute Gasteiger partial charge is 0.329 e. The standard InChI is InChI=1S/C12H21ClN2S/c1-4-15(8-9(2)3)10(7-14)11-5-6-12(13)16-11/h5-6,9-10H,4,7-8,14H2,1-3H3. The number of nitrogens with zero attached hydrogens (tertiary/aromatic N) is 1. The smallest absolute Gasteiger partial charge is 0.0931 e. The summed E-state index contributed by atoms with van der Waals surface area (Å²) >= 11 is 7.61. The number of thiophene rings is 1. The van der Waals surface area contributed by atoms with E-state index < -0.39 is 0 Å². The molecule has 4 heteroatoms. The number of hydrogen-bond donors (Lipinski definition) is 1. The fourth-order valence-electron chi connectivity index (χ4n) is 1.90. The van der Waals surface area contributed by atoms with Crippen molar-refractivity contribution >= 4 is 22.9 Å². The Morgan fingerprint density at radius 2 is 2.12 bits per heavy atom. The normalized spacial score (nSPS) is 13.7. The summed E-state index contributed by atoms with van der Waals surface area (Å²) in [7, 11) is 0. The van der Waals surface area contributed by atoms with Crippen LogP contribution in [0.25, 0.3) is 0 Å². The molecule has 1 unspecified atom stereocenters. The second kappa shape index (κ2) is 6.60. The number of halogens is 1. The van der Waals surface area contributed by atoms with Crippen LogP contribution in [0.1, 0.15) is 31.7 Å². The van der Waals surface area contributed by atoms with E-state index in [1.807, 2.05) is 6.07 Å². The van der Waals surface area contributed by atoms with E-state index in [1.54, 1.807) is 11.3 Å². The molecule has 92 valence electrons. The molecule has 2 N–H and O–H groups in total. The molecule has 0 radical (unpaired) electrons. The molecule has 1 aromatic heterocycles. The average molecular weight is 261 g/mol. The summed E-state index contributed by atoms with van der Waals surface area (Å²) in [6.45, 7) is 9.40. The number of hydrogen-bond acceptors (Lipinski definition) is 3. The lowest BCUT2D eigenvalue weighted by Crippen LogP contribution is -2.35. The molecule has 0 aliphatic carbocycles. The molecule has 0 amide bonds. The summed E-state index contributed by atoms with van der Waals surface area (Å²) in [6.07, 6.45) is 0. The molecule has 16 heavy (non-hydrogen) atoms. The van der Waals surface area contributed by atoms with Gasteiger partial charge < -0.3 is 5.73 Å². The molecule has 1 atom stereocenters. The molecule has 2 nitrogen and oxygen atoms in total. The topological polar surface area (TPSA) is 29.3 Å². The van der Waals surface area contributed by atoms with Crippen molar-refractivity contribution in [2.75, 3.05) is 19.6 Å². The van der Waals surface area contributed by atoms with Gasteiger partial charge in [-0.1, -0.05) is 32.4 Å². The number of rotatable bonds is 6. The molecule has 1 aromatic rings. The van der Waals surface area contributed by atoms with E-state index in [9.17, 15) is 0 Å². The maximum Gasteiger partial charge on any atom is 0.0931 e. The third kappa shape index (κ3) is 3.74. The second-order valence-corrected chi connectivity index (χ2v) is 6.12. The van der Waals surface area contributed by atoms with Crippen LogP contribution in [0.3, 0.4) is 0 Å². The summed E-state index contributed by atoms with van der Waals surface area (Å²) < 4.78 is 0.842. The van der Waals surface area contributed by atoms with Gasteiger partial charge in [0.1, 0.15) is 0 Å². The van der Waals surface area contributed by atoms with Crippen molar-refractivity contribution in [1.82, 2.24) is 4.90 Å². The third-order valence-corrected chi connectivity index (χ3v) is 3.92. The lowest BCUT2D eigenvalue weighted by atomic mass is 10.1. The molecule has 0 saturated heterocycles. The van der Waals surface area contributed by atoms with Crippen molar-refractivity contribution in [3.63, 3.8) is 0 Å². The van der Waals surface area contributed by atoms with Crippen LogP contribution in [0.2, 0.25) is 4.34 Å². The van der Waals surface area contributed by atoms with Gasteiger partial charge in [0.2, 0.25) is 0 Å². The van der Waals surface area contributed by atoms with Crippen molar-refractivity contribution < 1.29 is 0 Å². The number of likely N-dealkylation sites (N-methyl/N-ethyl adjacent to an activating group) is 1. The first kappa shape index (κ1) is 14.0. The van der Waals surface area contributed by atoms with Gasteiger partial charge in [0.25, 0.3) is 0 Å². The zero-order chi connectivity index (χ0) is 12.1. The summed E-state index contributed by atoms with van der Waals surface area (Å²) in [5.74, 6) is 0.657. The van der Waals surface area contributed by atoms with Gasteiger partial charge in [0, 0.05) is 18.0 Å². The van der Waals surface area contributed by atoms with Gasteiger partial charge in [-0.2, -0.15) is 0 Å². The Morgan fingerprint density at radius 3 is 2.50 bits per heavy atom. The molecule has 0 aromatic carbocycles. The van der Waals surface area contributed by atoms with Gasteiger partial charge in [0.05, 0.1) is 10.4 Å². The van der Waals surface area contributed by atoms with E-state index in [1.165, 1.54) is 4.88 Å². The highest BCUT2D eigenvalue weighted by molar-refractivity contribution is 7.16. The molecule has 0 fully saturated rings. The Morgan fingerprint density at radius 1 is 1.44 bits per heavy atom.